The first kappa shape index (κ1) is 12.3. The molecule has 0 spiro atoms. The SMILES string of the molecule is Cn1c(C(=O)NCCS)c(Cl)c2ccccc21. The van der Waals surface area contributed by atoms with Gasteiger partial charge in [-0.3, -0.25) is 4.79 Å². The molecule has 17 heavy (non-hydrogen) atoms. The number of rotatable bonds is 3. The van der Waals surface area contributed by atoms with E-state index in [4.69, 9.17) is 11.6 Å². The van der Waals surface area contributed by atoms with E-state index in [2.05, 4.69) is 17.9 Å². The molecule has 2 rings (SSSR count). The second kappa shape index (κ2) is 5.02. The van der Waals surface area contributed by atoms with Crippen LogP contribution >= 0.6 is 24.2 Å². The number of thiol groups is 1. The van der Waals surface area contributed by atoms with Crippen molar-refractivity contribution in [2.45, 2.75) is 0 Å². The van der Waals surface area contributed by atoms with Crippen molar-refractivity contribution >= 4 is 41.0 Å². The predicted octanol–water partition coefficient (Wildman–Crippen LogP) is 2.49. The van der Waals surface area contributed by atoms with Gasteiger partial charge >= 0.3 is 0 Å². The van der Waals surface area contributed by atoms with Crippen LogP contribution in [0.4, 0.5) is 0 Å². The summed E-state index contributed by atoms with van der Waals surface area (Å²) in [5, 5.41) is 4.17. The standard InChI is InChI=1S/C12H13ClN2OS/c1-15-9-5-3-2-4-8(9)10(13)11(15)12(16)14-6-7-17/h2-5,17H,6-7H2,1H3,(H,14,16). The third kappa shape index (κ3) is 2.15. The molecule has 1 amide bonds. The van der Waals surface area contributed by atoms with Crippen LogP contribution in [-0.2, 0) is 7.05 Å². The predicted molar refractivity (Wildman–Crippen MR) is 74.1 cm³/mol. The smallest absolute Gasteiger partial charge is 0.269 e. The zero-order valence-corrected chi connectivity index (χ0v) is 11.1. The minimum absolute atomic E-state index is 0.164. The Morgan fingerprint density at radius 1 is 1.47 bits per heavy atom. The molecule has 0 unspecified atom stereocenters. The molecule has 1 aromatic heterocycles. The number of nitrogens with zero attached hydrogens (tertiary/aromatic N) is 1. The highest BCUT2D eigenvalue weighted by molar-refractivity contribution is 7.80. The Morgan fingerprint density at radius 2 is 2.18 bits per heavy atom. The summed E-state index contributed by atoms with van der Waals surface area (Å²) in [6.07, 6.45) is 0. The van der Waals surface area contributed by atoms with Crippen LogP contribution in [0.25, 0.3) is 10.9 Å². The largest absolute Gasteiger partial charge is 0.350 e. The third-order valence-electron chi connectivity index (χ3n) is 2.66. The van der Waals surface area contributed by atoms with Crippen molar-refractivity contribution in [2.75, 3.05) is 12.3 Å². The fourth-order valence-electron chi connectivity index (χ4n) is 1.85. The Balaban J connectivity index is 2.50. The van der Waals surface area contributed by atoms with Crippen molar-refractivity contribution in [2.24, 2.45) is 7.05 Å². The lowest BCUT2D eigenvalue weighted by Gasteiger charge is -2.05. The maximum Gasteiger partial charge on any atom is 0.269 e. The molecule has 2 aromatic rings. The monoisotopic (exact) mass is 268 g/mol. The molecule has 3 nitrogen and oxygen atoms in total. The molecule has 0 atom stereocenters. The summed E-state index contributed by atoms with van der Waals surface area (Å²) in [6, 6.07) is 7.68. The topological polar surface area (TPSA) is 34.0 Å². The second-order valence-corrected chi connectivity index (χ2v) is 4.54. The summed E-state index contributed by atoms with van der Waals surface area (Å²) in [6.45, 7) is 0.528. The molecule has 0 aliphatic rings. The number of halogens is 1. The Bertz CT molecular complexity index is 526. The van der Waals surface area contributed by atoms with E-state index in [1.165, 1.54) is 0 Å². The van der Waals surface area contributed by atoms with Crippen molar-refractivity contribution in [1.82, 2.24) is 9.88 Å². The second-order valence-electron chi connectivity index (χ2n) is 3.72. The summed E-state index contributed by atoms with van der Waals surface area (Å²) in [7, 11) is 1.84. The van der Waals surface area contributed by atoms with Gasteiger partial charge < -0.3 is 9.88 Å². The molecule has 5 heteroatoms. The van der Waals surface area contributed by atoms with E-state index in [0.29, 0.717) is 23.0 Å². The van der Waals surface area contributed by atoms with Crippen LogP contribution < -0.4 is 5.32 Å². The van der Waals surface area contributed by atoms with E-state index in [-0.39, 0.29) is 5.91 Å². The van der Waals surface area contributed by atoms with Crippen molar-refractivity contribution < 1.29 is 4.79 Å². The van der Waals surface area contributed by atoms with Gasteiger partial charge in [-0.05, 0) is 6.07 Å². The van der Waals surface area contributed by atoms with Crippen LogP contribution in [-0.4, -0.2) is 22.8 Å². The number of aryl methyl sites for hydroxylation is 1. The first-order valence-electron chi connectivity index (χ1n) is 5.28. The first-order valence-corrected chi connectivity index (χ1v) is 6.30. The zero-order valence-electron chi connectivity index (χ0n) is 9.40. The molecule has 0 aliphatic carbocycles. The Labute approximate surface area is 110 Å². The molecule has 1 heterocycles. The average molecular weight is 269 g/mol. The first-order chi connectivity index (χ1) is 8.16. The van der Waals surface area contributed by atoms with Gasteiger partial charge in [-0.15, -0.1) is 0 Å². The lowest BCUT2D eigenvalue weighted by molar-refractivity contribution is 0.0948. The van der Waals surface area contributed by atoms with Crippen LogP contribution in [0.5, 0.6) is 0 Å². The van der Waals surface area contributed by atoms with Gasteiger partial charge in [0.15, 0.2) is 0 Å². The zero-order chi connectivity index (χ0) is 12.4. The number of benzene rings is 1. The Kier molecular flexibility index (Phi) is 3.64. The minimum Gasteiger partial charge on any atom is -0.350 e. The van der Waals surface area contributed by atoms with Crippen LogP contribution in [0.3, 0.4) is 0 Å². The highest BCUT2D eigenvalue weighted by Crippen LogP contribution is 2.29. The van der Waals surface area contributed by atoms with E-state index in [9.17, 15) is 4.79 Å². The lowest BCUT2D eigenvalue weighted by atomic mass is 10.2. The van der Waals surface area contributed by atoms with Gasteiger partial charge in [0.2, 0.25) is 0 Å². The summed E-state index contributed by atoms with van der Waals surface area (Å²) >= 11 is 10.3. The van der Waals surface area contributed by atoms with Crippen molar-refractivity contribution in [3.05, 3.63) is 35.0 Å². The van der Waals surface area contributed by atoms with Crippen LogP contribution in [0.1, 0.15) is 10.5 Å². The van der Waals surface area contributed by atoms with Crippen LogP contribution in [0.15, 0.2) is 24.3 Å². The fraction of sp³-hybridized carbons (Fsp3) is 0.250. The van der Waals surface area contributed by atoms with Gasteiger partial charge in [0, 0.05) is 30.2 Å². The normalized spacial score (nSPS) is 10.8. The number of carbonyl (C=O) groups excluding carboxylic acids is 1. The number of amides is 1. The molecule has 1 aromatic carbocycles. The third-order valence-corrected chi connectivity index (χ3v) is 3.26. The molecular formula is C12H13ClN2OS. The van der Waals surface area contributed by atoms with Gasteiger partial charge in [-0.25, -0.2) is 0 Å². The summed E-state index contributed by atoms with van der Waals surface area (Å²) in [5.41, 5.74) is 1.45. The Morgan fingerprint density at radius 3 is 2.82 bits per heavy atom. The van der Waals surface area contributed by atoms with Crippen molar-refractivity contribution in [3.8, 4) is 0 Å². The lowest BCUT2D eigenvalue weighted by Crippen LogP contribution is -2.27. The molecule has 0 saturated carbocycles. The summed E-state index contributed by atoms with van der Waals surface area (Å²) in [4.78, 5) is 12.0. The van der Waals surface area contributed by atoms with E-state index >= 15 is 0 Å². The molecule has 0 fully saturated rings. The highest BCUT2D eigenvalue weighted by Gasteiger charge is 2.18. The maximum atomic E-state index is 12.0. The quantitative estimate of drug-likeness (QED) is 0.824. The van der Waals surface area contributed by atoms with Gasteiger partial charge in [0.1, 0.15) is 5.69 Å². The maximum absolute atomic E-state index is 12.0. The summed E-state index contributed by atoms with van der Waals surface area (Å²) in [5.74, 6) is 0.440. The molecule has 1 N–H and O–H groups in total. The van der Waals surface area contributed by atoms with Gasteiger partial charge in [0.25, 0.3) is 5.91 Å². The average Bonchev–Trinajstić information content (AvgIpc) is 2.60. The van der Waals surface area contributed by atoms with Crippen molar-refractivity contribution in [3.63, 3.8) is 0 Å². The molecule has 0 bridgehead atoms. The van der Waals surface area contributed by atoms with E-state index < -0.39 is 0 Å². The number of carbonyl (C=O) groups is 1. The van der Waals surface area contributed by atoms with Gasteiger partial charge in [0.05, 0.1) is 5.02 Å². The van der Waals surface area contributed by atoms with Gasteiger partial charge in [-0.2, -0.15) is 12.6 Å². The number of aromatic nitrogens is 1. The highest BCUT2D eigenvalue weighted by atomic mass is 35.5. The van der Waals surface area contributed by atoms with Crippen LogP contribution in [0.2, 0.25) is 5.02 Å². The molecule has 0 radical (unpaired) electrons. The number of nitrogens with one attached hydrogen (secondary N) is 1. The molecule has 0 saturated heterocycles. The van der Waals surface area contributed by atoms with E-state index in [1.54, 1.807) is 0 Å². The van der Waals surface area contributed by atoms with E-state index in [0.717, 1.165) is 10.9 Å². The summed E-state index contributed by atoms with van der Waals surface area (Å²) < 4.78 is 1.81. The van der Waals surface area contributed by atoms with Gasteiger partial charge in [-0.1, -0.05) is 29.8 Å². The molecule has 0 aliphatic heterocycles. The molecule has 90 valence electrons. The van der Waals surface area contributed by atoms with E-state index in [1.807, 2.05) is 35.9 Å². The number of hydrogen-bond donors (Lipinski definition) is 2. The fourth-order valence-corrected chi connectivity index (χ4v) is 2.34. The number of para-hydroxylation sites is 1. The Hall–Kier alpha value is -1.13. The van der Waals surface area contributed by atoms with Crippen molar-refractivity contribution in [1.29, 1.82) is 0 Å². The minimum atomic E-state index is -0.164. The van der Waals surface area contributed by atoms with Crippen LogP contribution in [0, 0.1) is 0 Å². The molecular weight excluding hydrogens is 256 g/mol. The number of fused-ring (bicyclic) bond motifs is 1. The number of hydrogen-bond acceptors (Lipinski definition) is 2.